The van der Waals surface area contributed by atoms with Gasteiger partial charge in [-0.25, -0.2) is 9.78 Å². The number of thiazole rings is 1. The Balaban J connectivity index is 0.00000450. The SMILES string of the molecule is CN=C(NCCc1nc(C(F)(F)F)cs1)NCCN(C(=O)OC(C)(C)C)C1CC1.I. The van der Waals surface area contributed by atoms with E-state index in [0.717, 1.165) is 29.6 Å². The Hall–Kier alpha value is -1.31. The fraction of sp³-hybridized carbons (Fsp3) is 0.722. The van der Waals surface area contributed by atoms with Crippen molar-refractivity contribution in [1.82, 2.24) is 20.5 Å². The van der Waals surface area contributed by atoms with Gasteiger partial charge in [0, 0.05) is 44.5 Å². The van der Waals surface area contributed by atoms with Crippen molar-refractivity contribution in [1.29, 1.82) is 0 Å². The van der Waals surface area contributed by atoms with E-state index in [9.17, 15) is 18.0 Å². The lowest BCUT2D eigenvalue weighted by atomic mass is 10.2. The van der Waals surface area contributed by atoms with Crippen molar-refractivity contribution in [2.75, 3.05) is 26.7 Å². The molecule has 0 saturated heterocycles. The highest BCUT2D eigenvalue weighted by molar-refractivity contribution is 14.0. The first-order valence-corrected chi connectivity index (χ1v) is 10.3. The molecule has 2 rings (SSSR count). The van der Waals surface area contributed by atoms with Crippen LogP contribution in [0.5, 0.6) is 0 Å². The zero-order chi connectivity index (χ0) is 21.7. The summed E-state index contributed by atoms with van der Waals surface area (Å²) in [5, 5.41) is 7.58. The van der Waals surface area contributed by atoms with E-state index in [1.165, 1.54) is 0 Å². The molecule has 0 atom stereocenters. The number of ether oxygens (including phenoxy) is 1. The number of hydrogen-bond donors (Lipinski definition) is 2. The van der Waals surface area contributed by atoms with Gasteiger partial charge >= 0.3 is 12.3 Å². The van der Waals surface area contributed by atoms with Gasteiger partial charge in [-0.1, -0.05) is 0 Å². The Morgan fingerprint density at radius 1 is 1.30 bits per heavy atom. The van der Waals surface area contributed by atoms with Crippen LogP contribution in [0, 0.1) is 0 Å². The second-order valence-corrected chi connectivity index (χ2v) is 8.65. The molecule has 1 heterocycles. The first-order valence-electron chi connectivity index (χ1n) is 9.45. The fourth-order valence-corrected chi connectivity index (χ4v) is 3.29. The summed E-state index contributed by atoms with van der Waals surface area (Å²) in [6.07, 6.45) is -2.44. The van der Waals surface area contributed by atoms with Crippen molar-refractivity contribution in [3.8, 4) is 0 Å². The van der Waals surface area contributed by atoms with E-state index in [1.807, 2.05) is 20.8 Å². The van der Waals surface area contributed by atoms with Crippen LogP contribution in [0.2, 0.25) is 0 Å². The summed E-state index contributed by atoms with van der Waals surface area (Å²) in [5.74, 6) is 0.512. The number of nitrogens with zero attached hydrogens (tertiary/aromatic N) is 3. The highest BCUT2D eigenvalue weighted by atomic mass is 127. The predicted octanol–water partition coefficient (Wildman–Crippen LogP) is 3.89. The van der Waals surface area contributed by atoms with Crippen LogP contribution in [0.3, 0.4) is 0 Å². The Bertz CT molecular complexity index is 717. The fourth-order valence-electron chi connectivity index (χ4n) is 2.49. The minimum absolute atomic E-state index is 0. The maximum absolute atomic E-state index is 12.6. The number of nitrogens with one attached hydrogen (secondary N) is 2. The molecule has 30 heavy (non-hydrogen) atoms. The molecule has 0 spiro atoms. The molecule has 2 N–H and O–H groups in total. The number of amides is 1. The smallest absolute Gasteiger partial charge is 0.434 e. The number of carbonyl (C=O) groups is 1. The van der Waals surface area contributed by atoms with Gasteiger partial charge in [0.15, 0.2) is 11.7 Å². The molecule has 0 unspecified atom stereocenters. The van der Waals surface area contributed by atoms with Gasteiger partial charge < -0.3 is 20.3 Å². The molecule has 1 saturated carbocycles. The zero-order valence-electron chi connectivity index (χ0n) is 17.5. The summed E-state index contributed by atoms with van der Waals surface area (Å²) in [6.45, 7) is 6.84. The third-order valence-corrected chi connectivity index (χ3v) is 4.87. The van der Waals surface area contributed by atoms with Crippen molar-refractivity contribution in [3.05, 3.63) is 16.1 Å². The molecule has 1 aromatic rings. The molecule has 1 aliphatic carbocycles. The second kappa shape index (κ2) is 11.3. The molecule has 1 fully saturated rings. The number of rotatable bonds is 7. The lowest BCUT2D eigenvalue weighted by Gasteiger charge is -2.27. The van der Waals surface area contributed by atoms with Crippen LogP contribution in [0.15, 0.2) is 10.4 Å². The molecular weight excluding hydrogens is 534 g/mol. The van der Waals surface area contributed by atoms with Crippen molar-refractivity contribution >= 4 is 47.4 Å². The third kappa shape index (κ3) is 9.23. The van der Waals surface area contributed by atoms with Gasteiger partial charge in [-0.3, -0.25) is 4.99 Å². The molecule has 1 aromatic heterocycles. The molecular formula is C18H29F3IN5O2S. The molecule has 1 aliphatic rings. The minimum Gasteiger partial charge on any atom is -0.444 e. The summed E-state index contributed by atoms with van der Waals surface area (Å²) in [4.78, 5) is 21.7. The summed E-state index contributed by atoms with van der Waals surface area (Å²) < 4.78 is 43.2. The van der Waals surface area contributed by atoms with Crippen LogP contribution in [-0.2, 0) is 17.3 Å². The van der Waals surface area contributed by atoms with Crippen LogP contribution < -0.4 is 10.6 Å². The minimum atomic E-state index is -4.42. The van der Waals surface area contributed by atoms with Crippen LogP contribution in [-0.4, -0.2) is 60.3 Å². The van der Waals surface area contributed by atoms with E-state index in [0.29, 0.717) is 37.0 Å². The standard InChI is InChI=1S/C18H28F3N5O2S.HI/c1-17(2,3)28-16(27)26(12-5-6-12)10-9-24-15(22-4)23-8-7-14-25-13(11-29-14)18(19,20)21;/h11-12H,5-10H2,1-4H3,(H2,22,23,24);1H. The van der Waals surface area contributed by atoms with E-state index >= 15 is 0 Å². The normalized spacial score (nSPS) is 14.7. The van der Waals surface area contributed by atoms with Crippen LogP contribution in [0.1, 0.15) is 44.3 Å². The van der Waals surface area contributed by atoms with E-state index in [1.54, 1.807) is 11.9 Å². The molecule has 172 valence electrons. The number of aromatic nitrogens is 1. The van der Waals surface area contributed by atoms with Gasteiger partial charge in [0.2, 0.25) is 0 Å². The van der Waals surface area contributed by atoms with Crippen molar-refractivity contribution in [2.45, 2.75) is 57.9 Å². The monoisotopic (exact) mass is 563 g/mol. The van der Waals surface area contributed by atoms with E-state index < -0.39 is 17.5 Å². The van der Waals surface area contributed by atoms with E-state index in [-0.39, 0.29) is 36.1 Å². The maximum Gasteiger partial charge on any atom is 0.434 e. The lowest BCUT2D eigenvalue weighted by molar-refractivity contribution is -0.140. The first kappa shape index (κ1) is 26.7. The lowest BCUT2D eigenvalue weighted by Crippen LogP contribution is -2.45. The topological polar surface area (TPSA) is 78.9 Å². The summed E-state index contributed by atoms with van der Waals surface area (Å²) >= 11 is 0.986. The van der Waals surface area contributed by atoms with Gasteiger partial charge in [-0.2, -0.15) is 13.2 Å². The van der Waals surface area contributed by atoms with Crippen molar-refractivity contribution in [3.63, 3.8) is 0 Å². The van der Waals surface area contributed by atoms with Crippen molar-refractivity contribution in [2.24, 2.45) is 4.99 Å². The Morgan fingerprint density at radius 3 is 2.43 bits per heavy atom. The maximum atomic E-state index is 12.6. The molecule has 0 radical (unpaired) electrons. The molecule has 7 nitrogen and oxygen atoms in total. The predicted molar refractivity (Wildman–Crippen MR) is 122 cm³/mol. The largest absolute Gasteiger partial charge is 0.444 e. The summed E-state index contributed by atoms with van der Waals surface area (Å²) in [6, 6.07) is 0.217. The summed E-state index contributed by atoms with van der Waals surface area (Å²) in [7, 11) is 1.60. The Kier molecular flexibility index (Phi) is 10.1. The second-order valence-electron chi connectivity index (χ2n) is 7.70. The Morgan fingerprint density at radius 2 is 1.93 bits per heavy atom. The van der Waals surface area contributed by atoms with Gasteiger partial charge in [-0.15, -0.1) is 35.3 Å². The molecule has 0 aliphatic heterocycles. The molecule has 0 bridgehead atoms. The molecule has 12 heteroatoms. The number of aliphatic imine (C=N–C) groups is 1. The number of guanidine groups is 1. The number of halogens is 4. The molecule has 0 aromatic carbocycles. The van der Waals surface area contributed by atoms with Gasteiger partial charge in [0.05, 0.1) is 5.01 Å². The van der Waals surface area contributed by atoms with Crippen molar-refractivity contribution < 1.29 is 22.7 Å². The molecule has 1 amide bonds. The van der Waals surface area contributed by atoms with Crippen LogP contribution in [0.4, 0.5) is 18.0 Å². The first-order chi connectivity index (χ1) is 13.5. The highest BCUT2D eigenvalue weighted by Gasteiger charge is 2.35. The van der Waals surface area contributed by atoms with Gasteiger partial charge in [0.25, 0.3) is 0 Å². The van der Waals surface area contributed by atoms with Gasteiger partial charge in [0.1, 0.15) is 5.60 Å². The average molecular weight is 563 g/mol. The zero-order valence-corrected chi connectivity index (χ0v) is 20.7. The number of alkyl halides is 3. The number of hydrogen-bond acceptors (Lipinski definition) is 5. The highest BCUT2D eigenvalue weighted by Crippen LogP contribution is 2.30. The third-order valence-electron chi connectivity index (χ3n) is 3.96. The Labute approximate surface area is 195 Å². The van der Waals surface area contributed by atoms with E-state index in [2.05, 4.69) is 20.6 Å². The average Bonchev–Trinajstić information content (AvgIpc) is 3.30. The summed E-state index contributed by atoms with van der Waals surface area (Å²) in [5.41, 5.74) is -1.40. The van der Waals surface area contributed by atoms with Crippen LogP contribution in [0.25, 0.3) is 0 Å². The van der Waals surface area contributed by atoms with E-state index in [4.69, 9.17) is 4.74 Å². The quantitative estimate of drug-likeness (QED) is 0.299. The number of carbonyl (C=O) groups excluding carboxylic acids is 1. The van der Waals surface area contributed by atoms with Crippen LogP contribution >= 0.6 is 35.3 Å². The van der Waals surface area contributed by atoms with Gasteiger partial charge in [-0.05, 0) is 33.6 Å².